The van der Waals surface area contributed by atoms with E-state index in [-0.39, 0.29) is 5.41 Å². The number of rotatable bonds is 10. The van der Waals surface area contributed by atoms with Gasteiger partial charge in [0, 0.05) is 12.5 Å². The molecule has 0 aliphatic carbocycles. The number of aromatic nitrogens is 2. The number of aryl methyl sites for hydroxylation is 1. The smallest absolute Gasteiger partial charge is 0.103 e. The highest BCUT2D eigenvalue weighted by Crippen LogP contribution is 2.36. The molecule has 1 heterocycles. The number of imidazole rings is 1. The number of halogens is 1. The Bertz CT molecular complexity index is 386. The first kappa shape index (κ1) is 18.0. The van der Waals surface area contributed by atoms with E-state index in [2.05, 4.69) is 55.0 Å². The predicted molar refractivity (Wildman–Crippen MR) is 96.2 cm³/mol. The van der Waals surface area contributed by atoms with Crippen LogP contribution < -0.4 is 0 Å². The van der Waals surface area contributed by atoms with Gasteiger partial charge in [-0.25, -0.2) is 4.98 Å². The minimum absolute atomic E-state index is 0.265. The maximum atomic E-state index is 4.72. The molecule has 0 amide bonds. The summed E-state index contributed by atoms with van der Waals surface area (Å²) in [6.45, 7) is 6.99. The van der Waals surface area contributed by atoms with E-state index in [0.717, 1.165) is 0 Å². The SMILES string of the molecule is CCCCCCC(C)(CCCCC)c1ncn(C)c1I. The summed E-state index contributed by atoms with van der Waals surface area (Å²) in [5.74, 6) is 0. The Morgan fingerprint density at radius 1 is 1.05 bits per heavy atom. The lowest BCUT2D eigenvalue weighted by atomic mass is 9.77. The summed E-state index contributed by atoms with van der Waals surface area (Å²) in [6.07, 6.45) is 13.9. The fraction of sp³-hybridized carbons (Fsp3) is 0.824. The summed E-state index contributed by atoms with van der Waals surface area (Å²) in [5, 5.41) is 0. The van der Waals surface area contributed by atoms with E-state index >= 15 is 0 Å². The number of unbranched alkanes of at least 4 members (excludes halogenated alkanes) is 5. The van der Waals surface area contributed by atoms with Crippen molar-refractivity contribution in [2.24, 2.45) is 7.05 Å². The molecule has 1 aromatic heterocycles. The van der Waals surface area contributed by atoms with Crippen molar-refractivity contribution in [3.63, 3.8) is 0 Å². The molecule has 0 saturated heterocycles. The lowest BCUT2D eigenvalue weighted by Crippen LogP contribution is -2.24. The molecule has 0 N–H and O–H groups in total. The molecule has 116 valence electrons. The molecule has 0 saturated carbocycles. The van der Waals surface area contributed by atoms with Crippen LogP contribution in [0.25, 0.3) is 0 Å². The standard InChI is InChI=1S/C17H31IN2/c1-5-7-9-11-13-17(3,12-10-8-6-2)15-16(18)20(4)14-19-15/h14H,5-13H2,1-4H3. The maximum absolute atomic E-state index is 4.72. The van der Waals surface area contributed by atoms with E-state index in [1.165, 1.54) is 67.2 Å². The number of hydrogen-bond acceptors (Lipinski definition) is 1. The molecule has 0 fully saturated rings. The minimum atomic E-state index is 0.265. The highest BCUT2D eigenvalue weighted by molar-refractivity contribution is 14.1. The van der Waals surface area contributed by atoms with Gasteiger partial charge >= 0.3 is 0 Å². The van der Waals surface area contributed by atoms with Gasteiger partial charge in [0.1, 0.15) is 3.70 Å². The van der Waals surface area contributed by atoms with Crippen LogP contribution in [-0.2, 0) is 12.5 Å². The molecule has 1 rings (SSSR count). The second-order valence-corrected chi connectivity index (χ2v) is 7.35. The van der Waals surface area contributed by atoms with Crippen molar-refractivity contribution >= 4 is 22.6 Å². The zero-order valence-electron chi connectivity index (χ0n) is 13.7. The van der Waals surface area contributed by atoms with Crippen LogP contribution in [0.3, 0.4) is 0 Å². The van der Waals surface area contributed by atoms with Crippen molar-refractivity contribution in [1.82, 2.24) is 9.55 Å². The lowest BCUT2D eigenvalue weighted by Gasteiger charge is -2.29. The molecule has 1 aromatic rings. The summed E-state index contributed by atoms with van der Waals surface area (Å²) < 4.78 is 3.47. The van der Waals surface area contributed by atoms with Crippen molar-refractivity contribution in [2.75, 3.05) is 0 Å². The third-order valence-electron chi connectivity index (χ3n) is 4.35. The zero-order valence-corrected chi connectivity index (χ0v) is 15.9. The van der Waals surface area contributed by atoms with Crippen LogP contribution in [0.5, 0.6) is 0 Å². The lowest BCUT2D eigenvalue weighted by molar-refractivity contribution is 0.356. The van der Waals surface area contributed by atoms with Crippen LogP contribution in [0.2, 0.25) is 0 Å². The Labute approximate surface area is 138 Å². The van der Waals surface area contributed by atoms with Crippen molar-refractivity contribution in [3.05, 3.63) is 15.7 Å². The van der Waals surface area contributed by atoms with Gasteiger partial charge < -0.3 is 4.57 Å². The van der Waals surface area contributed by atoms with Gasteiger partial charge in [0.2, 0.25) is 0 Å². The van der Waals surface area contributed by atoms with E-state index in [0.29, 0.717) is 0 Å². The average Bonchev–Trinajstić information content (AvgIpc) is 2.76. The fourth-order valence-corrected chi connectivity index (χ4v) is 3.80. The Balaban J connectivity index is 2.74. The number of hydrogen-bond donors (Lipinski definition) is 0. The molecule has 1 unspecified atom stereocenters. The molecule has 0 spiro atoms. The number of nitrogens with zero attached hydrogens (tertiary/aromatic N) is 2. The molecule has 1 atom stereocenters. The van der Waals surface area contributed by atoms with Crippen LogP contribution in [0, 0.1) is 3.70 Å². The molecule has 0 aliphatic heterocycles. The molecule has 0 radical (unpaired) electrons. The Morgan fingerprint density at radius 2 is 1.60 bits per heavy atom. The first-order valence-corrected chi connectivity index (χ1v) is 9.30. The largest absolute Gasteiger partial charge is 0.329 e. The monoisotopic (exact) mass is 390 g/mol. The topological polar surface area (TPSA) is 17.8 Å². The van der Waals surface area contributed by atoms with E-state index < -0.39 is 0 Å². The Morgan fingerprint density at radius 3 is 2.10 bits per heavy atom. The molecule has 0 aromatic carbocycles. The van der Waals surface area contributed by atoms with Crippen LogP contribution in [-0.4, -0.2) is 9.55 Å². The molecule has 20 heavy (non-hydrogen) atoms. The first-order valence-electron chi connectivity index (χ1n) is 8.22. The highest BCUT2D eigenvalue weighted by Gasteiger charge is 2.30. The molecular weight excluding hydrogens is 359 g/mol. The highest BCUT2D eigenvalue weighted by atomic mass is 127. The summed E-state index contributed by atoms with van der Waals surface area (Å²) in [7, 11) is 2.10. The first-order chi connectivity index (χ1) is 9.55. The van der Waals surface area contributed by atoms with Gasteiger partial charge in [-0.1, -0.05) is 65.7 Å². The second-order valence-electron chi connectivity index (χ2n) is 6.32. The van der Waals surface area contributed by atoms with Gasteiger partial charge in [-0.3, -0.25) is 0 Å². The second kappa shape index (κ2) is 9.06. The molecule has 0 bridgehead atoms. The van der Waals surface area contributed by atoms with Crippen LogP contribution in [0.4, 0.5) is 0 Å². The summed E-state index contributed by atoms with van der Waals surface area (Å²) in [6, 6.07) is 0. The van der Waals surface area contributed by atoms with Crippen LogP contribution in [0.15, 0.2) is 6.33 Å². The normalized spacial score (nSPS) is 14.4. The Kier molecular flexibility index (Phi) is 8.15. The third-order valence-corrected chi connectivity index (χ3v) is 5.62. The third kappa shape index (κ3) is 5.05. The van der Waals surface area contributed by atoms with Gasteiger partial charge in [-0.15, -0.1) is 0 Å². The molecule has 0 aliphatic rings. The summed E-state index contributed by atoms with van der Waals surface area (Å²) in [5.41, 5.74) is 1.59. The Hall–Kier alpha value is -0.0600. The average molecular weight is 390 g/mol. The molecule has 3 heteroatoms. The quantitative estimate of drug-likeness (QED) is 0.363. The van der Waals surface area contributed by atoms with E-state index in [9.17, 15) is 0 Å². The van der Waals surface area contributed by atoms with E-state index in [1.807, 2.05) is 6.33 Å². The van der Waals surface area contributed by atoms with Crippen molar-refractivity contribution in [2.45, 2.75) is 84.0 Å². The van der Waals surface area contributed by atoms with Crippen LogP contribution in [0.1, 0.15) is 84.3 Å². The van der Waals surface area contributed by atoms with Crippen molar-refractivity contribution in [3.8, 4) is 0 Å². The van der Waals surface area contributed by atoms with Crippen molar-refractivity contribution < 1.29 is 0 Å². The minimum Gasteiger partial charge on any atom is -0.329 e. The van der Waals surface area contributed by atoms with Crippen molar-refractivity contribution in [1.29, 1.82) is 0 Å². The van der Waals surface area contributed by atoms with E-state index in [4.69, 9.17) is 4.98 Å². The maximum Gasteiger partial charge on any atom is 0.103 e. The predicted octanol–water partition coefficient (Wildman–Crippen LogP) is 5.83. The van der Waals surface area contributed by atoms with Crippen LogP contribution >= 0.6 is 22.6 Å². The fourth-order valence-electron chi connectivity index (χ4n) is 2.89. The summed E-state index contributed by atoms with van der Waals surface area (Å²) in [4.78, 5) is 4.72. The van der Waals surface area contributed by atoms with Gasteiger partial charge in [0.25, 0.3) is 0 Å². The zero-order chi connectivity index (χ0) is 15.0. The van der Waals surface area contributed by atoms with Gasteiger partial charge in [-0.2, -0.15) is 0 Å². The van der Waals surface area contributed by atoms with E-state index in [1.54, 1.807) is 0 Å². The van der Waals surface area contributed by atoms with Gasteiger partial charge in [0.05, 0.1) is 12.0 Å². The van der Waals surface area contributed by atoms with Gasteiger partial charge in [0.15, 0.2) is 0 Å². The van der Waals surface area contributed by atoms with Gasteiger partial charge in [-0.05, 0) is 35.4 Å². The molecular formula is C17H31IN2. The molecule has 2 nitrogen and oxygen atoms in total. The summed E-state index contributed by atoms with van der Waals surface area (Å²) >= 11 is 2.46.